The molecule has 3 aliphatic rings. The Bertz CT molecular complexity index is 437. The van der Waals surface area contributed by atoms with Crippen molar-refractivity contribution in [3.63, 3.8) is 0 Å². The van der Waals surface area contributed by atoms with Gasteiger partial charge in [0.05, 0.1) is 0 Å². The molecule has 2 aliphatic carbocycles. The lowest BCUT2D eigenvalue weighted by atomic mass is 9.74. The molecule has 0 atom stereocenters. The van der Waals surface area contributed by atoms with Gasteiger partial charge >= 0.3 is 5.97 Å². The average molecular weight is 308 g/mol. The van der Waals surface area contributed by atoms with Gasteiger partial charge < -0.3 is 15.3 Å². The zero-order valence-corrected chi connectivity index (χ0v) is 13.4. The molecule has 0 bridgehead atoms. The summed E-state index contributed by atoms with van der Waals surface area (Å²) in [7, 11) is 0. The Morgan fingerprint density at radius 1 is 1.00 bits per heavy atom. The molecule has 2 N–H and O–H groups in total. The predicted octanol–water partition coefficient (Wildman–Crippen LogP) is 2.30. The van der Waals surface area contributed by atoms with Crippen molar-refractivity contribution in [3.05, 3.63) is 0 Å². The molecule has 22 heavy (non-hydrogen) atoms. The monoisotopic (exact) mass is 308 g/mol. The molecule has 1 amide bonds. The van der Waals surface area contributed by atoms with E-state index in [0.717, 1.165) is 25.7 Å². The van der Waals surface area contributed by atoms with Crippen LogP contribution in [0, 0.1) is 0 Å². The standard InChI is InChI=1S/C17H28N2O3/c20-14-11-16(7-3-1-4-8-16)18-17(9-5-2-6-10-17)13-19(14)12-15(21)22/h18H,1-13H2,(H,21,22). The third-order valence-corrected chi connectivity index (χ3v) is 5.81. The first kappa shape index (κ1) is 15.8. The fourth-order valence-corrected chi connectivity index (χ4v) is 4.85. The molecule has 0 unspecified atom stereocenters. The Morgan fingerprint density at radius 2 is 1.55 bits per heavy atom. The molecule has 3 rings (SSSR count). The summed E-state index contributed by atoms with van der Waals surface area (Å²) in [4.78, 5) is 25.4. The highest BCUT2D eigenvalue weighted by Gasteiger charge is 2.47. The van der Waals surface area contributed by atoms with Crippen molar-refractivity contribution in [1.82, 2.24) is 10.2 Å². The van der Waals surface area contributed by atoms with Crippen LogP contribution in [0.15, 0.2) is 0 Å². The number of hydrogen-bond acceptors (Lipinski definition) is 3. The number of nitrogens with one attached hydrogen (secondary N) is 1. The summed E-state index contributed by atoms with van der Waals surface area (Å²) in [5.41, 5.74) is -0.142. The molecule has 2 saturated carbocycles. The number of carbonyl (C=O) groups excluding carboxylic acids is 1. The number of carboxylic acid groups (broad SMARTS) is 1. The maximum absolute atomic E-state index is 12.7. The van der Waals surface area contributed by atoms with Crippen molar-refractivity contribution < 1.29 is 14.7 Å². The number of carboxylic acids is 1. The maximum Gasteiger partial charge on any atom is 0.323 e. The molecule has 1 heterocycles. The first-order valence-electron chi connectivity index (χ1n) is 8.82. The van der Waals surface area contributed by atoms with Gasteiger partial charge in [0, 0.05) is 24.0 Å². The molecule has 1 saturated heterocycles. The van der Waals surface area contributed by atoms with Crippen molar-refractivity contribution >= 4 is 11.9 Å². The van der Waals surface area contributed by atoms with Gasteiger partial charge in [-0.1, -0.05) is 38.5 Å². The van der Waals surface area contributed by atoms with Gasteiger partial charge in [0.15, 0.2) is 0 Å². The van der Waals surface area contributed by atoms with Crippen LogP contribution in [-0.2, 0) is 9.59 Å². The van der Waals surface area contributed by atoms with Crippen LogP contribution in [0.3, 0.4) is 0 Å². The molecule has 0 aromatic heterocycles. The van der Waals surface area contributed by atoms with Gasteiger partial charge in [0.1, 0.15) is 6.54 Å². The molecule has 3 fully saturated rings. The smallest absolute Gasteiger partial charge is 0.323 e. The van der Waals surface area contributed by atoms with E-state index in [1.165, 1.54) is 38.5 Å². The minimum atomic E-state index is -0.904. The van der Waals surface area contributed by atoms with Crippen LogP contribution in [0.1, 0.15) is 70.6 Å². The second-order valence-corrected chi connectivity index (χ2v) is 7.63. The summed E-state index contributed by atoms with van der Waals surface area (Å²) in [6, 6.07) is 0. The summed E-state index contributed by atoms with van der Waals surface area (Å²) < 4.78 is 0. The number of rotatable bonds is 2. The molecule has 1 aliphatic heterocycles. The van der Waals surface area contributed by atoms with Crippen LogP contribution in [0.4, 0.5) is 0 Å². The van der Waals surface area contributed by atoms with Crippen LogP contribution in [0.25, 0.3) is 0 Å². The molecule has 124 valence electrons. The number of nitrogens with zero attached hydrogens (tertiary/aromatic N) is 1. The molecule has 5 nitrogen and oxygen atoms in total. The maximum atomic E-state index is 12.7. The Balaban J connectivity index is 1.87. The lowest BCUT2D eigenvalue weighted by molar-refractivity contribution is -0.144. The minimum Gasteiger partial charge on any atom is -0.480 e. The van der Waals surface area contributed by atoms with E-state index in [0.29, 0.717) is 13.0 Å². The largest absolute Gasteiger partial charge is 0.480 e. The van der Waals surface area contributed by atoms with Crippen LogP contribution in [-0.4, -0.2) is 46.1 Å². The molecular formula is C17H28N2O3. The second kappa shape index (κ2) is 6.19. The Morgan fingerprint density at radius 3 is 2.09 bits per heavy atom. The zero-order valence-electron chi connectivity index (χ0n) is 13.4. The van der Waals surface area contributed by atoms with Crippen LogP contribution in [0.2, 0.25) is 0 Å². The summed E-state index contributed by atoms with van der Waals surface area (Å²) in [5, 5.41) is 13.1. The van der Waals surface area contributed by atoms with Crippen molar-refractivity contribution in [2.45, 2.75) is 81.7 Å². The highest BCUT2D eigenvalue weighted by Crippen LogP contribution is 2.40. The van der Waals surface area contributed by atoms with E-state index in [4.69, 9.17) is 5.11 Å². The lowest BCUT2D eigenvalue weighted by Gasteiger charge is -2.47. The van der Waals surface area contributed by atoms with Crippen molar-refractivity contribution in [3.8, 4) is 0 Å². The first-order valence-corrected chi connectivity index (χ1v) is 8.82. The fraction of sp³-hybridized carbons (Fsp3) is 0.882. The molecule has 0 aromatic rings. The van der Waals surface area contributed by atoms with E-state index < -0.39 is 5.97 Å². The summed E-state index contributed by atoms with van der Waals surface area (Å²) in [6.07, 6.45) is 11.9. The van der Waals surface area contributed by atoms with E-state index in [2.05, 4.69) is 5.32 Å². The average Bonchev–Trinajstić information content (AvgIpc) is 2.56. The van der Waals surface area contributed by atoms with Crippen molar-refractivity contribution in [2.24, 2.45) is 0 Å². The molecule has 5 heteroatoms. The van der Waals surface area contributed by atoms with Crippen molar-refractivity contribution in [1.29, 1.82) is 0 Å². The summed E-state index contributed by atoms with van der Waals surface area (Å²) in [5.74, 6) is -0.877. The minimum absolute atomic E-state index is 0.0271. The number of hydrogen-bond donors (Lipinski definition) is 2. The van der Waals surface area contributed by atoms with Crippen LogP contribution < -0.4 is 5.32 Å². The van der Waals surface area contributed by atoms with E-state index in [1.54, 1.807) is 4.90 Å². The Kier molecular flexibility index (Phi) is 4.44. The van der Waals surface area contributed by atoms with Gasteiger partial charge in [-0.25, -0.2) is 0 Å². The van der Waals surface area contributed by atoms with Gasteiger partial charge in [-0.2, -0.15) is 0 Å². The third-order valence-electron chi connectivity index (χ3n) is 5.81. The quantitative estimate of drug-likeness (QED) is 0.821. The molecule has 0 radical (unpaired) electrons. The van der Waals surface area contributed by atoms with Gasteiger partial charge in [0.25, 0.3) is 0 Å². The fourth-order valence-electron chi connectivity index (χ4n) is 4.85. The second-order valence-electron chi connectivity index (χ2n) is 7.63. The van der Waals surface area contributed by atoms with Crippen molar-refractivity contribution in [2.75, 3.05) is 13.1 Å². The highest BCUT2D eigenvalue weighted by atomic mass is 16.4. The Hall–Kier alpha value is -1.10. The first-order chi connectivity index (χ1) is 10.5. The molecule has 0 aromatic carbocycles. The Labute approximate surface area is 132 Å². The molecule has 2 spiro atoms. The topological polar surface area (TPSA) is 69.6 Å². The summed E-state index contributed by atoms with van der Waals surface area (Å²) in [6.45, 7) is 0.415. The van der Waals surface area contributed by atoms with Crippen LogP contribution in [0.5, 0.6) is 0 Å². The summed E-state index contributed by atoms with van der Waals surface area (Å²) >= 11 is 0. The molecular weight excluding hydrogens is 280 g/mol. The zero-order chi connectivity index (χ0) is 15.6. The third kappa shape index (κ3) is 3.29. The van der Waals surface area contributed by atoms with Gasteiger partial charge in [-0.15, -0.1) is 0 Å². The lowest BCUT2D eigenvalue weighted by Crippen LogP contribution is -2.61. The normalized spacial score (nSPS) is 27.8. The van der Waals surface area contributed by atoms with E-state index in [1.807, 2.05) is 0 Å². The predicted molar refractivity (Wildman–Crippen MR) is 83.6 cm³/mol. The SMILES string of the molecule is O=C(O)CN1CC2(CCCCC2)NC2(CCCCC2)CC1=O. The van der Waals surface area contributed by atoms with Gasteiger partial charge in [-0.3, -0.25) is 9.59 Å². The number of carbonyl (C=O) groups is 2. The number of amides is 1. The van der Waals surface area contributed by atoms with E-state index in [9.17, 15) is 9.59 Å². The van der Waals surface area contributed by atoms with E-state index in [-0.39, 0.29) is 23.5 Å². The van der Waals surface area contributed by atoms with Gasteiger partial charge in [-0.05, 0) is 25.7 Å². The number of aliphatic carboxylic acids is 1. The van der Waals surface area contributed by atoms with Crippen LogP contribution >= 0.6 is 0 Å². The van der Waals surface area contributed by atoms with Gasteiger partial charge in [0.2, 0.25) is 5.91 Å². The van der Waals surface area contributed by atoms with E-state index >= 15 is 0 Å². The highest BCUT2D eigenvalue weighted by molar-refractivity contribution is 5.82.